The van der Waals surface area contributed by atoms with Gasteiger partial charge in [0.05, 0.1) is 6.04 Å². The van der Waals surface area contributed by atoms with Crippen LogP contribution in [0.3, 0.4) is 0 Å². The average Bonchev–Trinajstić information content (AvgIpc) is 2.43. The maximum absolute atomic E-state index is 13.4. The summed E-state index contributed by atoms with van der Waals surface area (Å²) in [5, 5.41) is 3.15. The van der Waals surface area contributed by atoms with Crippen molar-refractivity contribution >= 4 is 0 Å². The molecule has 0 bridgehead atoms. The molecule has 1 unspecified atom stereocenters. The predicted octanol–water partition coefficient (Wildman–Crippen LogP) is 4.57. The Morgan fingerprint density at radius 2 is 1.43 bits per heavy atom. The highest BCUT2D eigenvalue weighted by atomic mass is 19.2. The van der Waals surface area contributed by atoms with Gasteiger partial charge >= 0.3 is 0 Å². The van der Waals surface area contributed by atoms with E-state index in [4.69, 9.17) is 0 Å². The number of hydrogen-bond donors (Lipinski definition) is 1. The summed E-state index contributed by atoms with van der Waals surface area (Å²) in [4.78, 5) is 0. The minimum atomic E-state index is -0.823. The fourth-order valence-corrected chi connectivity index (χ4v) is 2.39. The Kier molecular flexibility index (Phi) is 4.43. The van der Waals surface area contributed by atoms with Gasteiger partial charge in [-0.25, -0.2) is 8.78 Å². The summed E-state index contributed by atoms with van der Waals surface area (Å²) >= 11 is 0. The first-order chi connectivity index (χ1) is 9.82. The Hall–Kier alpha value is -1.74. The topological polar surface area (TPSA) is 12.0 Å². The third-order valence-corrected chi connectivity index (χ3v) is 3.68. The van der Waals surface area contributed by atoms with Gasteiger partial charge in [-0.15, -0.1) is 0 Å². The third-order valence-electron chi connectivity index (χ3n) is 3.68. The van der Waals surface area contributed by atoms with E-state index in [9.17, 15) is 8.78 Å². The second kappa shape index (κ2) is 5.94. The number of hydrogen-bond acceptors (Lipinski definition) is 1. The molecule has 3 heteroatoms. The molecule has 0 aromatic heterocycles. The van der Waals surface area contributed by atoms with E-state index in [2.05, 4.69) is 38.2 Å². The van der Waals surface area contributed by atoms with Crippen LogP contribution in [0.15, 0.2) is 42.5 Å². The van der Waals surface area contributed by atoms with Gasteiger partial charge in [0.25, 0.3) is 0 Å². The molecule has 0 radical (unpaired) electrons. The molecule has 1 N–H and O–H groups in total. The summed E-state index contributed by atoms with van der Waals surface area (Å²) in [6.07, 6.45) is 0. The van der Waals surface area contributed by atoms with Crippen molar-refractivity contribution in [1.82, 2.24) is 5.32 Å². The van der Waals surface area contributed by atoms with Crippen molar-refractivity contribution in [2.75, 3.05) is 7.05 Å². The Balaban J connectivity index is 2.35. The quantitative estimate of drug-likeness (QED) is 0.872. The van der Waals surface area contributed by atoms with Gasteiger partial charge in [0.2, 0.25) is 0 Å². The molecule has 0 spiro atoms. The molecule has 2 aromatic carbocycles. The molecule has 0 aliphatic rings. The van der Waals surface area contributed by atoms with Crippen molar-refractivity contribution in [2.45, 2.75) is 32.2 Å². The lowest BCUT2D eigenvalue weighted by Gasteiger charge is -2.22. The number of rotatable bonds is 3. The summed E-state index contributed by atoms with van der Waals surface area (Å²) in [6.45, 7) is 6.48. The maximum Gasteiger partial charge on any atom is 0.159 e. The fraction of sp³-hybridized carbons (Fsp3) is 0.333. The standard InChI is InChI=1S/C18H21F2N/c1-18(2,3)14-8-5-12(6-9-14)17(21-4)13-7-10-15(19)16(20)11-13/h5-11,17,21H,1-4H3. The second-order valence-corrected chi connectivity index (χ2v) is 6.27. The van der Waals surface area contributed by atoms with Gasteiger partial charge in [-0.05, 0) is 41.3 Å². The van der Waals surface area contributed by atoms with Crippen LogP contribution in [0.2, 0.25) is 0 Å². The lowest BCUT2D eigenvalue weighted by atomic mass is 9.86. The zero-order valence-corrected chi connectivity index (χ0v) is 12.9. The molecule has 0 amide bonds. The second-order valence-electron chi connectivity index (χ2n) is 6.27. The van der Waals surface area contributed by atoms with Crippen molar-refractivity contribution in [3.8, 4) is 0 Å². The molecule has 0 aliphatic heterocycles. The number of halogens is 2. The fourth-order valence-electron chi connectivity index (χ4n) is 2.39. The number of nitrogens with one attached hydrogen (secondary N) is 1. The first-order valence-electron chi connectivity index (χ1n) is 7.05. The minimum absolute atomic E-state index is 0.0929. The van der Waals surface area contributed by atoms with E-state index in [1.807, 2.05) is 19.2 Å². The van der Waals surface area contributed by atoms with Crippen LogP contribution in [0.25, 0.3) is 0 Å². The zero-order chi connectivity index (χ0) is 15.6. The van der Waals surface area contributed by atoms with Gasteiger partial charge in [-0.1, -0.05) is 51.1 Å². The van der Waals surface area contributed by atoms with Crippen molar-refractivity contribution in [2.24, 2.45) is 0 Å². The molecule has 21 heavy (non-hydrogen) atoms. The maximum atomic E-state index is 13.4. The van der Waals surface area contributed by atoms with Gasteiger partial charge in [-0.2, -0.15) is 0 Å². The molecule has 0 heterocycles. The van der Waals surface area contributed by atoms with Crippen LogP contribution in [0, 0.1) is 11.6 Å². The van der Waals surface area contributed by atoms with Crippen molar-refractivity contribution < 1.29 is 8.78 Å². The summed E-state index contributed by atoms with van der Waals surface area (Å²) in [5.41, 5.74) is 3.07. The third kappa shape index (κ3) is 3.48. The van der Waals surface area contributed by atoms with Crippen molar-refractivity contribution in [3.63, 3.8) is 0 Å². The Morgan fingerprint density at radius 1 is 0.857 bits per heavy atom. The largest absolute Gasteiger partial charge is 0.309 e. The van der Waals surface area contributed by atoms with Gasteiger partial charge in [0.1, 0.15) is 0 Å². The zero-order valence-electron chi connectivity index (χ0n) is 12.9. The Labute approximate surface area is 125 Å². The van der Waals surface area contributed by atoms with E-state index >= 15 is 0 Å². The first-order valence-corrected chi connectivity index (χ1v) is 7.05. The first kappa shape index (κ1) is 15.6. The van der Waals surface area contributed by atoms with E-state index in [0.29, 0.717) is 5.56 Å². The minimum Gasteiger partial charge on any atom is -0.309 e. The molecule has 112 valence electrons. The van der Waals surface area contributed by atoms with Crippen LogP contribution in [-0.4, -0.2) is 7.05 Å². The summed E-state index contributed by atoms with van der Waals surface area (Å²) in [6, 6.07) is 12.1. The normalized spacial score (nSPS) is 13.2. The monoisotopic (exact) mass is 289 g/mol. The smallest absolute Gasteiger partial charge is 0.159 e. The van der Waals surface area contributed by atoms with Crippen LogP contribution in [-0.2, 0) is 5.41 Å². The molecule has 2 aromatic rings. The molecule has 0 saturated carbocycles. The van der Waals surface area contributed by atoms with E-state index in [0.717, 1.165) is 5.56 Å². The Morgan fingerprint density at radius 3 is 1.90 bits per heavy atom. The molecule has 0 saturated heterocycles. The van der Waals surface area contributed by atoms with Crippen LogP contribution < -0.4 is 5.32 Å². The van der Waals surface area contributed by atoms with Crippen LogP contribution in [0.1, 0.15) is 43.5 Å². The van der Waals surface area contributed by atoms with Gasteiger partial charge < -0.3 is 5.32 Å². The molecular formula is C18H21F2N. The Bertz CT molecular complexity index is 612. The van der Waals surface area contributed by atoms with Crippen LogP contribution >= 0.6 is 0 Å². The lowest BCUT2D eigenvalue weighted by molar-refractivity contribution is 0.505. The van der Waals surface area contributed by atoms with Crippen LogP contribution in [0.5, 0.6) is 0 Å². The highest BCUT2D eigenvalue weighted by Crippen LogP contribution is 2.27. The molecule has 0 fully saturated rings. The number of benzene rings is 2. The lowest BCUT2D eigenvalue weighted by Crippen LogP contribution is -2.18. The molecular weight excluding hydrogens is 268 g/mol. The van der Waals surface area contributed by atoms with Crippen LogP contribution in [0.4, 0.5) is 8.78 Å². The summed E-state index contributed by atoms with van der Waals surface area (Å²) in [7, 11) is 1.81. The van der Waals surface area contributed by atoms with Gasteiger partial charge in [0.15, 0.2) is 11.6 Å². The van der Waals surface area contributed by atoms with Gasteiger partial charge in [-0.3, -0.25) is 0 Å². The summed E-state index contributed by atoms with van der Waals surface area (Å²) in [5.74, 6) is -1.64. The average molecular weight is 289 g/mol. The molecule has 1 nitrogen and oxygen atoms in total. The van der Waals surface area contributed by atoms with E-state index in [1.54, 1.807) is 6.07 Å². The molecule has 1 atom stereocenters. The van der Waals surface area contributed by atoms with E-state index in [-0.39, 0.29) is 11.5 Å². The van der Waals surface area contributed by atoms with Crippen molar-refractivity contribution in [1.29, 1.82) is 0 Å². The van der Waals surface area contributed by atoms with E-state index in [1.165, 1.54) is 17.7 Å². The van der Waals surface area contributed by atoms with Gasteiger partial charge in [0, 0.05) is 0 Å². The molecule has 2 rings (SSSR count). The highest BCUT2D eigenvalue weighted by molar-refractivity contribution is 5.35. The van der Waals surface area contributed by atoms with Crippen molar-refractivity contribution in [3.05, 3.63) is 70.8 Å². The predicted molar refractivity (Wildman–Crippen MR) is 82.4 cm³/mol. The van der Waals surface area contributed by atoms with E-state index < -0.39 is 11.6 Å². The summed E-state index contributed by atoms with van der Waals surface area (Å²) < 4.78 is 26.5. The molecule has 0 aliphatic carbocycles. The highest BCUT2D eigenvalue weighted by Gasteiger charge is 2.17. The SMILES string of the molecule is CNC(c1ccc(C(C)(C)C)cc1)c1ccc(F)c(F)c1.